The molecule has 4 amide bonds. The van der Waals surface area contributed by atoms with Crippen molar-refractivity contribution in [3.05, 3.63) is 148 Å². The number of fused-ring (bicyclic) bond motifs is 1. The largest absolute Gasteiger partial charge is 1.00 e. The predicted molar refractivity (Wildman–Crippen MR) is 288 cm³/mol. The van der Waals surface area contributed by atoms with Crippen molar-refractivity contribution in [2.24, 2.45) is 0 Å². The van der Waals surface area contributed by atoms with E-state index in [1.807, 2.05) is 19.2 Å². The molecule has 1 heterocycles. The fourth-order valence-corrected chi connectivity index (χ4v) is 10.8. The van der Waals surface area contributed by atoms with Crippen LogP contribution < -0.4 is 49.6 Å². The van der Waals surface area contributed by atoms with Gasteiger partial charge in [-0.15, -0.1) is 0 Å². The molecule has 4 aromatic carbocycles. The Bertz CT molecular complexity index is 2640. The number of halogens is 4. The van der Waals surface area contributed by atoms with E-state index >= 15 is 0 Å². The molecule has 24 heteroatoms. The van der Waals surface area contributed by atoms with Crippen molar-refractivity contribution in [1.82, 2.24) is 35.6 Å². The van der Waals surface area contributed by atoms with Gasteiger partial charge in [0.1, 0.15) is 0 Å². The quantitative estimate of drug-likeness (QED) is 0.0248. The summed E-state index contributed by atoms with van der Waals surface area (Å²) < 4.78 is 79.2. The number of ether oxygens (including phenoxy) is 4. The minimum atomic E-state index is -3.82. The molecule has 4 aromatic rings. The van der Waals surface area contributed by atoms with E-state index in [1.165, 1.54) is 6.07 Å². The van der Waals surface area contributed by atoms with Gasteiger partial charge in [-0.1, -0.05) is 81.8 Å². The third-order valence-corrected chi connectivity index (χ3v) is 15.3. The van der Waals surface area contributed by atoms with Crippen molar-refractivity contribution in [1.29, 1.82) is 0 Å². The molecule has 6 N–H and O–H groups in total. The van der Waals surface area contributed by atoms with E-state index in [1.54, 1.807) is 54.6 Å². The maximum Gasteiger partial charge on any atom is 1.00 e. The van der Waals surface area contributed by atoms with Gasteiger partial charge in [0.15, 0.2) is 0 Å². The number of hydrogen-bond acceptors (Lipinski definition) is 11. The van der Waals surface area contributed by atoms with Crippen molar-refractivity contribution in [3.63, 3.8) is 0 Å². The molecule has 0 saturated carbocycles. The van der Waals surface area contributed by atoms with E-state index in [2.05, 4.69) is 49.5 Å². The molecule has 0 saturated heterocycles. The number of carbonyl (C=O) groups excluding carboxylic acids is 2. The van der Waals surface area contributed by atoms with E-state index < -0.39 is 26.0 Å². The van der Waals surface area contributed by atoms with Gasteiger partial charge in [0.25, 0.3) is 0 Å². The average molecular weight is 1140 g/mol. The van der Waals surface area contributed by atoms with Crippen molar-refractivity contribution < 1.29 is 64.2 Å². The molecule has 0 spiro atoms. The normalized spacial score (nSPS) is 14.0. The molecule has 0 fully saturated rings. The van der Waals surface area contributed by atoms with E-state index in [-0.39, 0.29) is 133 Å². The second-order valence-electron chi connectivity index (χ2n) is 16.7. The van der Waals surface area contributed by atoms with Gasteiger partial charge in [-0.3, -0.25) is 0 Å². The number of unbranched alkanes of at least 4 members (excludes halogenated alkanes) is 1. The standard InChI is InChI=1S/C49H63Cl4N7O10S2.CH3.Li/c1-34(42-28-38(50)30-46(52)35(42)2)36-8-6-10-40(26-36)71(63,64)58-16-20-69-24-22-67-18-14-56-48(61)54-12-4-5-13-55-49(62)57-15-19-68-23-25-70-21-17-59-72(65,66)41-11-7-9-37(27-41)44-32-60(3)33-45-43(44)29-39(51)31-47(45)53;;/h6-11,26-31,34,44,58-59H,1-2,4-5,12-25,32-33H2,3H3,(H2,54,56,61)(H2,55,57,62);1H3;/q-2;-1;+1. The number of nitrogens with one attached hydrogen (secondary N) is 6. The molecule has 0 bridgehead atoms. The fourth-order valence-electron chi connectivity index (χ4n) is 7.60. The monoisotopic (exact) mass is 1140 g/mol. The minimum absolute atomic E-state index is 0. The van der Waals surface area contributed by atoms with Crippen LogP contribution in [0.2, 0.25) is 20.1 Å². The number of urea groups is 2. The Morgan fingerprint density at radius 3 is 1.68 bits per heavy atom. The molecule has 74 heavy (non-hydrogen) atoms. The van der Waals surface area contributed by atoms with Crippen LogP contribution in [0.5, 0.6) is 0 Å². The smallest absolute Gasteiger partial charge is 0.378 e. The Morgan fingerprint density at radius 2 is 1.12 bits per heavy atom. The number of carbonyl (C=O) groups is 2. The minimum Gasteiger partial charge on any atom is -0.378 e. The average Bonchev–Trinajstić information content (AvgIpc) is 3.34. The van der Waals surface area contributed by atoms with Gasteiger partial charge in [-0.2, -0.15) is 35.6 Å². The number of sulfonamides is 2. The van der Waals surface area contributed by atoms with Gasteiger partial charge in [0.2, 0.25) is 20.0 Å². The summed E-state index contributed by atoms with van der Waals surface area (Å²) in [4.78, 5) is 26.5. The van der Waals surface area contributed by atoms with Crippen LogP contribution in [-0.2, 0) is 45.5 Å². The Hall–Kier alpha value is -3.33. The van der Waals surface area contributed by atoms with Crippen LogP contribution in [0, 0.1) is 21.3 Å². The Kier molecular flexibility index (Phi) is 29.0. The zero-order valence-electron chi connectivity index (χ0n) is 42.1. The SMILES string of the molecule is [CH2-]c1c(Cl)cc(Cl)cc1C([CH2-])c1cccc(S(=O)(=O)NCCOCCOCCNC(=O)NCCCCNC(=O)NCCOCCOCCNS(=O)(=O)c2cccc(C3CN(C)Cc4c(Cl)cc(Cl)cc43)c2)c1.[CH3-].[Li+]. The first-order chi connectivity index (χ1) is 34.4. The molecule has 5 rings (SSSR count). The zero-order valence-corrected chi connectivity index (χ0v) is 46.7. The fraction of sp³-hybridized carbons (Fsp3) is 0.420. The predicted octanol–water partition coefficient (Wildman–Crippen LogP) is 4.18. The molecule has 1 aliphatic heterocycles. The summed E-state index contributed by atoms with van der Waals surface area (Å²) in [6, 6.07) is 19.6. The van der Waals surface area contributed by atoms with E-state index in [9.17, 15) is 26.4 Å². The summed E-state index contributed by atoms with van der Waals surface area (Å²) in [5, 5.41) is 12.9. The first-order valence-electron chi connectivity index (χ1n) is 23.3. The summed E-state index contributed by atoms with van der Waals surface area (Å²) in [6.07, 6.45) is 1.30. The summed E-state index contributed by atoms with van der Waals surface area (Å²) in [5.41, 5.74) is 4.76. The maximum absolute atomic E-state index is 13.1. The van der Waals surface area contributed by atoms with Crippen LogP contribution in [-0.4, -0.2) is 140 Å². The second-order valence-corrected chi connectivity index (χ2v) is 21.9. The number of benzene rings is 4. The maximum atomic E-state index is 13.1. The zero-order chi connectivity index (χ0) is 52.1. The van der Waals surface area contributed by atoms with E-state index in [4.69, 9.17) is 65.4 Å². The molecule has 1 aliphatic rings. The van der Waals surface area contributed by atoms with Crippen LogP contribution in [0.25, 0.3) is 0 Å². The summed E-state index contributed by atoms with van der Waals surface area (Å²) in [7, 11) is -5.62. The summed E-state index contributed by atoms with van der Waals surface area (Å²) in [6.45, 7) is 12.9. The van der Waals surface area contributed by atoms with E-state index in [0.29, 0.717) is 75.8 Å². The Labute approximate surface area is 469 Å². The molecular weight excluding hydrogens is 1070 g/mol. The third-order valence-electron chi connectivity index (χ3n) is 11.3. The van der Waals surface area contributed by atoms with Gasteiger partial charge in [0, 0.05) is 73.3 Å². The Morgan fingerprint density at radius 1 is 0.649 bits per heavy atom. The molecule has 2 unspecified atom stereocenters. The number of nitrogens with zero attached hydrogens (tertiary/aromatic N) is 1. The van der Waals surface area contributed by atoms with Crippen LogP contribution in [0.15, 0.2) is 82.6 Å². The molecule has 0 aliphatic carbocycles. The molecule has 0 radical (unpaired) electrons. The molecule has 2 atom stereocenters. The summed E-state index contributed by atoms with van der Waals surface area (Å²) >= 11 is 25.2. The first kappa shape index (κ1) is 65.0. The molecule has 404 valence electrons. The van der Waals surface area contributed by atoms with Crippen LogP contribution >= 0.6 is 46.4 Å². The van der Waals surface area contributed by atoms with Crippen molar-refractivity contribution in [3.8, 4) is 0 Å². The van der Waals surface area contributed by atoms with Gasteiger partial charge >= 0.3 is 30.9 Å². The van der Waals surface area contributed by atoms with Gasteiger partial charge in [0.05, 0.1) is 62.6 Å². The third kappa shape index (κ3) is 21.2. The van der Waals surface area contributed by atoms with Crippen molar-refractivity contribution >= 4 is 78.5 Å². The van der Waals surface area contributed by atoms with E-state index in [0.717, 1.165) is 16.7 Å². The number of rotatable bonds is 30. The van der Waals surface area contributed by atoms with Crippen LogP contribution in [0.3, 0.4) is 0 Å². The van der Waals surface area contributed by atoms with Crippen molar-refractivity contribution in [2.75, 3.05) is 106 Å². The molecule has 17 nitrogen and oxygen atoms in total. The number of likely N-dealkylation sites (N-methyl/N-ethyl adjacent to an activating group) is 1. The van der Waals surface area contributed by atoms with Gasteiger partial charge in [-0.05, 0) is 73.0 Å². The van der Waals surface area contributed by atoms with Crippen molar-refractivity contribution in [2.45, 2.75) is 41.0 Å². The number of amides is 4. The summed E-state index contributed by atoms with van der Waals surface area (Å²) in [5.74, 6) is -0.544. The van der Waals surface area contributed by atoms with Crippen LogP contribution in [0.4, 0.5) is 9.59 Å². The first-order valence-corrected chi connectivity index (χ1v) is 27.8. The van der Waals surface area contributed by atoms with Gasteiger partial charge in [-0.25, -0.2) is 35.9 Å². The molecular formula is C50H66Cl4LiN7O10S2-2. The molecule has 0 aromatic heterocycles. The Balaban J connectivity index is 0.00000722. The second kappa shape index (κ2) is 33.1. The topological polar surface area (TPSA) is 215 Å². The van der Waals surface area contributed by atoms with Gasteiger partial charge < -0.3 is 59.5 Å². The number of hydrogen-bond donors (Lipinski definition) is 6. The van der Waals surface area contributed by atoms with Crippen LogP contribution in [0.1, 0.15) is 58.1 Å².